The van der Waals surface area contributed by atoms with Crippen molar-refractivity contribution in [1.82, 2.24) is 0 Å². The zero-order valence-electron chi connectivity index (χ0n) is 20.2. The van der Waals surface area contributed by atoms with Crippen LogP contribution < -0.4 is 0 Å². The van der Waals surface area contributed by atoms with E-state index in [-0.39, 0.29) is 6.61 Å². The molecule has 0 saturated heterocycles. The van der Waals surface area contributed by atoms with Crippen molar-refractivity contribution in [2.75, 3.05) is 13.2 Å². The Hall–Kier alpha value is -0.610. The highest BCUT2D eigenvalue weighted by molar-refractivity contribution is 5.66. The van der Waals surface area contributed by atoms with Gasteiger partial charge in [-0.25, -0.2) is 0 Å². The molecule has 0 heterocycles. The molecule has 2 N–H and O–H groups in total. The summed E-state index contributed by atoms with van der Waals surface area (Å²) in [5.74, 6) is 3.99. The van der Waals surface area contributed by atoms with Crippen molar-refractivity contribution in [3.05, 3.63) is 0 Å². The molecule has 0 radical (unpaired) electrons. The molecule has 0 amide bonds. The topological polar surface area (TPSA) is 66.8 Å². The summed E-state index contributed by atoms with van der Waals surface area (Å²) in [5.41, 5.74) is 0.904. The van der Waals surface area contributed by atoms with E-state index >= 15 is 0 Å². The second-order valence-corrected chi connectivity index (χ2v) is 12.1. The van der Waals surface area contributed by atoms with Crippen molar-refractivity contribution in [3.8, 4) is 0 Å². The molecule has 4 fully saturated rings. The lowest BCUT2D eigenvalue weighted by atomic mass is 9.44. The Balaban J connectivity index is 1.42. The van der Waals surface area contributed by atoms with Gasteiger partial charge in [0, 0.05) is 19.6 Å². The monoisotopic (exact) mass is 434 g/mol. The fraction of sp³-hybridized carbons (Fsp3) is 0.963. The first-order valence-corrected chi connectivity index (χ1v) is 13.2. The lowest BCUT2D eigenvalue weighted by Gasteiger charge is -2.61. The minimum absolute atomic E-state index is 0.230. The normalized spacial score (nSPS) is 45.4. The molecule has 0 aromatic rings. The number of hydrogen-bond donors (Lipinski definition) is 2. The van der Waals surface area contributed by atoms with Crippen molar-refractivity contribution in [2.24, 2.45) is 46.3 Å². The van der Waals surface area contributed by atoms with Crippen LogP contribution in [0.25, 0.3) is 0 Å². The lowest BCUT2D eigenvalue weighted by molar-refractivity contribution is -0.139. The highest BCUT2D eigenvalue weighted by atomic mass is 16.5. The van der Waals surface area contributed by atoms with Crippen LogP contribution in [0.1, 0.15) is 97.8 Å². The predicted octanol–water partition coefficient (Wildman–Crippen LogP) is 5.91. The molecule has 0 aromatic heterocycles. The van der Waals surface area contributed by atoms with E-state index in [2.05, 4.69) is 20.8 Å². The van der Waals surface area contributed by atoms with Gasteiger partial charge in [-0.15, -0.1) is 0 Å². The standard InChI is InChI=1S/C27H46O4/c1-18(5-10-25(29)30)22-8-9-23-21-7-6-19-17-20(31-16-4-15-28)11-13-26(19,2)24(21)12-14-27(22,23)3/h18-24,28H,4-17H2,1-3H3,(H,29,30)/t18-,19?,20+,21+,22-,23+,24+,26+,27-/m1/s1. The molecule has 0 bridgehead atoms. The third-order valence-electron chi connectivity index (χ3n) is 10.8. The first kappa shape index (κ1) is 23.5. The molecule has 4 rings (SSSR count). The van der Waals surface area contributed by atoms with Crippen LogP contribution in [-0.2, 0) is 9.53 Å². The summed E-state index contributed by atoms with van der Waals surface area (Å²) in [5, 5.41) is 18.2. The maximum absolute atomic E-state index is 11.1. The Kier molecular flexibility index (Phi) is 7.09. The molecule has 4 heteroatoms. The third kappa shape index (κ3) is 4.33. The highest BCUT2D eigenvalue weighted by Gasteiger charge is 2.60. The summed E-state index contributed by atoms with van der Waals surface area (Å²) in [4.78, 5) is 11.1. The van der Waals surface area contributed by atoms with Crippen LogP contribution in [-0.4, -0.2) is 35.5 Å². The number of rotatable bonds is 8. The summed E-state index contributed by atoms with van der Waals surface area (Å²) in [6, 6.07) is 0. The number of carbonyl (C=O) groups is 1. The van der Waals surface area contributed by atoms with Gasteiger partial charge in [0.2, 0.25) is 0 Å². The van der Waals surface area contributed by atoms with Crippen molar-refractivity contribution in [1.29, 1.82) is 0 Å². The van der Waals surface area contributed by atoms with E-state index in [9.17, 15) is 4.79 Å². The van der Waals surface area contributed by atoms with Crippen molar-refractivity contribution >= 4 is 5.97 Å². The van der Waals surface area contributed by atoms with E-state index in [1.54, 1.807) is 0 Å². The van der Waals surface area contributed by atoms with Crippen LogP contribution in [0.15, 0.2) is 0 Å². The Morgan fingerprint density at radius 3 is 2.52 bits per heavy atom. The largest absolute Gasteiger partial charge is 0.481 e. The van der Waals surface area contributed by atoms with Crippen LogP contribution >= 0.6 is 0 Å². The Morgan fingerprint density at radius 2 is 1.77 bits per heavy atom. The van der Waals surface area contributed by atoms with E-state index in [0.717, 1.165) is 36.5 Å². The van der Waals surface area contributed by atoms with Crippen LogP contribution in [0.4, 0.5) is 0 Å². The van der Waals surface area contributed by atoms with E-state index < -0.39 is 5.97 Å². The maximum Gasteiger partial charge on any atom is 0.303 e. The Bertz CT molecular complexity index is 635. The summed E-state index contributed by atoms with van der Waals surface area (Å²) < 4.78 is 6.12. The second kappa shape index (κ2) is 9.33. The van der Waals surface area contributed by atoms with Gasteiger partial charge in [0.25, 0.3) is 0 Å². The third-order valence-corrected chi connectivity index (χ3v) is 10.8. The minimum atomic E-state index is -0.641. The summed E-state index contributed by atoms with van der Waals surface area (Å²) in [6.45, 7) is 8.45. The quantitative estimate of drug-likeness (QED) is 0.466. The molecule has 0 aromatic carbocycles. The lowest BCUT2D eigenvalue weighted by Crippen LogP contribution is -2.54. The fourth-order valence-corrected chi connectivity index (χ4v) is 9.21. The number of aliphatic carboxylic acids is 1. The molecule has 0 spiro atoms. The minimum Gasteiger partial charge on any atom is -0.481 e. The first-order chi connectivity index (χ1) is 14.8. The number of carboxylic acid groups (broad SMARTS) is 1. The molecular weight excluding hydrogens is 388 g/mol. The number of ether oxygens (including phenoxy) is 1. The predicted molar refractivity (Wildman–Crippen MR) is 123 cm³/mol. The van der Waals surface area contributed by atoms with Gasteiger partial charge < -0.3 is 14.9 Å². The molecule has 4 aliphatic carbocycles. The zero-order chi connectivity index (χ0) is 22.2. The van der Waals surface area contributed by atoms with Gasteiger partial charge in [-0.1, -0.05) is 20.8 Å². The number of fused-ring (bicyclic) bond motifs is 5. The number of hydrogen-bond acceptors (Lipinski definition) is 3. The first-order valence-electron chi connectivity index (χ1n) is 13.2. The SMILES string of the molecule is C[C@H](CCC(=O)O)[C@H]1CC[C@H]2[C@@H]3CCC4C[C@@H](OCCCO)CC[C@]4(C)[C@H]3CC[C@]12C. The highest BCUT2D eigenvalue weighted by Crippen LogP contribution is 2.68. The van der Waals surface area contributed by atoms with Crippen LogP contribution in [0.5, 0.6) is 0 Å². The van der Waals surface area contributed by atoms with Crippen molar-refractivity contribution < 1.29 is 19.7 Å². The van der Waals surface area contributed by atoms with Crippen LogP contribution in [0, 0.1) is 46.3 Å². The zero-order valence-corrected chi connectivity index (χ0v) is 20.2. The van der Waals surface area contributed by atoms with Gasteiger partial charge in [-0.05, 0) is 117 Å². The maximum atomic E-state index is 11.1. The molecule has 4 saturated carbocycles. The molecule has 0 aliphatic heterocycles. The Morgan fingerprint density at radius 1 is 1.03 bits per heavy atom. The summed E-state index contributed by atoms with van der Waals surface area (Å²) >= 11 is 0. The number of aliphatic hydroxyl groups is 1. The smallest absolute Gasteiger partial charge is 0.303 e. The number of aliphatic hydroxyl groups excluding tert-OH is 1. The number of carboxylic acids is 1. The van der Waals surface area contributed by atoms with Crippen LogP contribution in [0.2, 0.25) is 0 Å². The molecule has 9 atom stereocenters. The van der Waals surface area contributed by atoms with Gasteiger partial charge in [0.15, 0.2) is 0 Å². The molecule has 4 nitrogen and oxygen atoms in total. The molecule has 1 unspecified atom stereocenters. The molecule has 178 valence electrons. The fourth-order valence-electron chi connectivity index (χ4n) is 9.21. The van der Waals surface area contributed by atoms with Crippen molar-refractivity contribution in [3.63, 3.8) is 0 Å². The summed E-state index contributed by atoms with van der Waals surface area (Å²) in [7, 11) is 0. The van der Waals surface area contributed by atoms with Crippen LogP contribution in [0.3, 0.4) is 0 Å². The summed E-state index contributed by atoms with van der Waals surface area (Å²) in [6.07, 6.45) is 14.2. The molecular formula is C27H46O4. The van der Waals surface area contributed by atoms with Crippen molar-refractivity contribution in [2.45, 2.75) is 104 Å². The average Bonchev–Trinajstić information content (AvgIpc) is 3.09. The Labute approximate surface area is 189 Å². The van der Waals surface area contributed by atoms with E-state index in [1.165, 1.54) is 57.8 Å². The van der Waals surface area contributed by atoms with Gasteiger partial charge in [0.05, 0.1) is 6.10 Å². The molecule has 31 heavy (non-hydrogen) atoms. The molecule has 4 aliphatic rings. The van der Waals surface area contributed by atoms with E-state index in [4.69, 9.17) is 14.9 Å². The second-order valence-electron chi connectivity index (χ2n) is 12.1. The van der Waals surface area contributed by atoms with Gasteiger partial charge in [0.1, 0.15) is 0 Å². The van der Waals surface area contributed by atoms with E-state index in [1.807, 2.05) is 0 Å². The average molecular weight is 435 g/mol. The van der Waals surface area contributed by atoms with Gasteiger partial charge >= 0.3 is 5.97 Å². The van der Waals surface area contributed by atoms with Gasteiger partial charge in [-0.2, -0.15) is 0 Å². The van der Waals surface area contributed by atoms with Gasteiger partial charge in [-0.3, -0.25) is 4.79 Å². The van der Waals surface area contributed by atoms with E-state index in [0.29, 0.717) is 41.8 Å².